The van der Waals surface area contributed by atoms with Gasteiger partial charge in [0, 0.05) is 10.9 Å². The summed E-state index contributed by atoms with van der Waals surface area (Å²) in [6, 6.07) is 1.77. The van der Waals surface area contributed by atoms with Gasteiger partial charge in [-0.1, -0.05) is 0 Å². The van der Waals surface area contributed by atoms with Crippen LogP contribution in [0.2, 0.25) is 0 Å². The van der Waals surface area contributed by atoms with Crippen molar-refractivity contribution >= 4 is 22.6 Å². The number of nitrogens with one attached hydrogen (secondary N) is 1. The first kappa shape index (κ1) is 18.6. The molecule has 0 saturated carbocycles. The highest BCUT2D eigenvalue weighted by Crippen LogP contribution is 2.37. The molecule has 0 atom stereocenters. The van der Waals surface area contributed by atoms with Crippen LogP contribution in [-0.4, -0.2) is 22.9 Å². The Balaban J connectivity index is 2.87. The topological polar surface area (TPSA) is 85.1 Å². The van der Waals surface area contributed by atoms with Crippen LogP contribution in [0.5, 0.6) is 0 Å². The first-order chi connectivity index (χ1) is 11.4. The van der Waals surface area contributed by atoms with Crippen LogP contribution < -0.4 is 11.3 Å². The molecule has 0 aliphatic rings. The van der Waals surface area contributed by atoms with Gasteiger partial charge in [0.2, 0.25) is 0 Å². The normalized spacial score (nSPS) is 12.3. The van der Waals surface area contributed by atoms with E-state index < -0.39 is 46.4 Å². The van der Waals surface area contributed by atoms with Crippen LogP contribution in [-0.2, 0) is 6.18 Å². The first-order valence-corrected chi connectivity index (χ1v) is 6.51. The van der Waals surface area contributed by atoms with Gasteiger partial charge in [0.25, 0.3) is 11.7 Å². The Hall–Kier alpha value is -2.69. The zero-order valence-corrected chi connectivity index (χ0v) is 12.3. The van der Waals surface area contributed by atoms with Crippen molar-refractivity contribution in [3.05, 3.63) is 40.6 Å². The highest BCUT2D eigenvalue weighted by atomic mass is 19.4. The van der Waals surface area contributed by atoms with E-state index in [4.69, 9.17) is 5.84 Å². The standard InChI is InChI=1S/C14H9F6N3O2/c1-5-2-9(12(25)23-21)22-10-7(5)3-6(11(24)14(18,19)20)4-8(10)13(15,16)17/h2-4H,21H2,1H3,(H,23,25). The number of benzene rings is 1. The average Bonchev–Trinajstić information content (AvgIpc) is 2.50. The van der Waals surface area contributed by atoms with Gasteiger partial charge in [0.15, 0.2) is 0 Å². The van der Waals surface area contributed by atoms with E-state index in [2.05, 4.69) is 4.98 Å². The van der Waals surface area contributed by atoms with Crippen LogP contribution in [0.3, 0.4) is 0 Å². The number of nitrogens with zero attached hydrogens (tertiary/aromatic N) is 1. The van der Waals surface area contributed by atoms with E-state index in [0.717, 1.165) is 6.07 Å². The van der Waals surface area contributed by atoms with Crippen molar-refractivity contribution < 1.29 is 35.9 Å². The van der Waals surface area contributed by atoms with Gasteiger partial charge in [-0.05, 0) is 30.7 Å². The molecule has 1 amide bonds. The Bertz CT molecular complexity index is 873. The van der Waals surface area contributed by atoms with E-state index in [-0.39, 0.29) is 17.0 Å². The number of aryl methyl sites for hydroxylation is 1. The molecule has 0 fully saturated rings. The lowest BCUT2D eigenvalue weighted by Crippen LogP contribution is -2.31. The third-order valence-corrected chi connectivity index (χ3v) is 3.31. The van der Waals surface area contributed by atoms with Gasteiger partial charge < -0.3 is 0 Å². The number of nitrogens with two attached hydrogens (primary N) is 1. The number of alkyl halides is 6. The van der Waals surface area contributed by atoms with Gasteiger partial charge in [-0.3, -0.25) is 15.0 Å². The fourth-order valence-corrected chi connectivity index (χ4v) is 2.19. The number of hydrazine groups is 1. The molecule has 0 bridgehead atoms. The van der Waals surface area contributed by atoms with E-state index in [9.17, 15) is 35.9 Å². The van der Waals surface area contributed by atoms with E-state index in [1.54, 1.807) is 5.43 Å². The van der Waals surface area contributed by atoms with Crippen LogP contribution in [0, 0.1) is 6.92 Å². The minimum absolute atomic E-state index is 0.0194. The molecule has 11 heteroatoms. The first-order valence-electron chi connectivity index (χ1n) is 6.51. The predicted octanol–water partition coefficient (Wildman–Crippen LogP) is 2.91. The molecule has 0 aliphatic heterocycles. The Morgan fingerprint density at radius 2 is 1.68 bits per heavy atom. The van der Waals surface area contributed by atoms with E-state index in [0.29, 0.717) is 6.07 Å². The number of amides is 1. The molecule has 0 aliphatic carbocycles. The molecular formula is C14H9F6N3O2. The van der Waals surface area contributed by atoms with E-state index in [1.165, 1.54) is 6.92 Å². The van der Waals surface area contributed by atoms with Crippen LogP contribution in [0.4, 0.5) is 26.3 Å². The van der Waals surface area contributed by atoms with Crippen LogP contribution in [0.15, 0.2) is 18.2 Å². The highest BCUT2D eigenvalue weighted by Gasteiger charge is 2.42. The molecular weight excluding hydrogens is 356 g/mol. The maximum Gasteiger partial charge on any atom is 0.454 e. The number of carbonyl (C=O) groups is 2. The molecule has 2 rings (SSSR count). The second-order valence-corrected chi connectivity index (χ2v) is 5.04. The lowest BCUT2D eigenvalue weighted by Gasteiger charge is -2.15. The van der Waals surface area contributed by atoms with Crippen molar-refractivity contribution in [2.45, 2.75) is 19.3 Å². The molecule has 1 heterocycles. The second kappa shape index (κ2) is 5.99. The van der Waals surface area contributed by atoms with Crippen molar-refractivity contribution in [3.8, 4) is 0 Å². The summed E-state index contributed by atoms with van der Waals surface area (Å²) >= 11 is 0. The summed E-state index contributed by atoms with van der Waals surface area (Å²) in [4.78, 5) is 26.4. The highest BCUT2D eigenvalue weighted by molar-refractivity contribution is 6.04. The van der Waals surface area contributed by atoms with Crippen molar-refractivity contribution in [2.75, 3.05) is 0 Å². The number of rotatable bonds is 2. The summed E-state index contributed by atoms with van der Waals surface area (Å²) in [6.07, 6.45) is -10.4. The molecule has 5 nitrogen and oxygen atoms in total. The molecule has 3 N–H and O–H groups in total. The molecule has 0 saturated heterocycles. The lowest BCUT2D eigenvalue weighted by atomic mass is 9.98. The van der Waals surface area contributed by atoms with Crippen LogP contribution >= 0.6 is 0 Å². The third-order valence-electron chi connectivity index (χ3n) is 3.31. The molecule has 1 aromatic heterocycles. The van der Waals surface area contributed by atoms with Gasteiger partial charge in [-0.25, -0.2) is 10.8 Å². The summed E-state index contributed by atoms with van der Waals surface area (Å²) in [7, 11) is 0. The number of nitrogen functional groups attached to an aromatic ring is 1. The Morgan fingerprint density at radius 1 is 1.08 bits per heavy atom. The maximum atomic E-state index is 13.2. The third kappa shape index (κ3) is 3.55. The van der Waals surface area contributed by atoms with Gasteiger partial charge >= 0.3 is 12.4 Å². The largest absolute Gasteiger partial charge is 0.454 e. The van der Waals surface area contributed by atoms with E-state index >= 15 is 0 Å². The van der Waals surface area contributed by atoms with Crippen molar-refractivity contribution in [3.63, 3.8) is 0 Å². The van der Waals surface area contributed by atoms with Gasteiger partial charge in [-0.2, -0.15) is 26.3 Å². The number of hydrogen-bond donors (Lipinski definition) is 2. The summed E-state index contributed by atoms with van der Waals surface area (Å²) in [5.41, 5.74) is -2.23. The Morgan fingerprint density at radius 3 is 2.16 bits per heavy atom. The number of hydrogen-bond acceptors (Lipinski definition) is 4. The van der Waals surface area contributed by atoms with Crippen LogP contribution in [0.1, 0.15) is 32.0 Å². The number of halogens is 6. The summed E-state index contributed by atoms with van der Waals surface area (Å²) < 4.78 is 77.4. The average molecular weight is 365 g/mol. The van der Waals surface area contributed by atoms with Crippen molar-refractivity contribution in [2.24, 2.45) is 5.84 Å². The number of pyridine rings is 1. The molecule has 2 aromatic rings. The zero-order valence-electron chi connectivity index (χ0n) is 12.3. The van der Waals surface area contributed by atoms with E-state index in [1.807, 2.05) is 0 Å². The SMILES string of the molecule is Cc1cc(C(=O)NN)nc2c(C(F)(F)F)cc(C(=O)C(F)(F)F)cc12. The number of Topliss-reactive ketones (excluding diaryl/α,β-unsaturated/α-hetero) is 1. The summed E-state index contributed by atoms with van der Waals surface area (Å²) in [6.45, 7) is 1.26. The second-order valence-electron chi connectivity index (χ2n) is 5.04. The number of aromatic nitrogens is 1. The quantitative estimate of drug-likeness (QED) is 0.282. The fourth-order valence-electron chi connectivity index (χ4n) is 2.19. The predicted molar refractivity (Wildman–Crippen MR) is 73.5 cm³/mol. The summed E-state index contributed by atoms with van der Waals surface area (Å²) in [5.74, 6) is 1.51. The molecule has 1 aromatic carbocycles. The van der Waals surface area contributed by atoms with Gasteiger partial charge in [0.05, 0.1) is 11.1 Å². The van der Waals surface area contributed by atoms with Gasteiger partial charge in [-0.15, -0.1) is 0 Å². The Labute approximate surface area is 135 Å². The molecule has 25 heavy (non-hydrogen) atoms. The van der Waals surface area contributed by atoms with Crippen LogP contribution in [0.25, 0.3) is 10.9 Å². The Kier molecular flexibility index (Phi) is 4.47. The zero-order chi connectivity index (χ0) is 19.2. The number of fused-ring (bicyclic) bond motifs is 1. The van der Waals surface area contributed by atoms with Gasteiger partial charge in [0.1, 0.15) is 5.69 Å². The summed E-state index contributed by atoms with van der Waals surface area (Å²) in [5, 5.41) is -0.337. The minimum Gasteiger partial charge on any atom is -0.289 e. The lowest BCUT2D eigenvalue weighted by molar-refractivity contribution is -0.136. The molecule has 0 unspecified atom stereocenters. The number of ketones is 1. The van der Waals surface area contributed by atoms with Crippen molar-refractivity contribution in [1.29, 1.82) is 0 Å². The smallest absolute Gasteiger partial charge is 0.289 e. The minimum atomic E-state index is -5.34. The molecule has 134 valence electrons. The maximum absolute atomic E-state index is 13.2. The fraction of sp³-hybridized carbons (Fsp3) is 0.214. The number of carbonyl (C=O) groups excluding carboxylic acids is 2. The molecule has 0 spiro atoms. The monoisotopic (exact) mass is 365 g/mol. The molecule has 0 radical (unpaired) electrons. The van der Waals surface area contributed by atoms with Crippen molar-refractivity contribution in [1.82, 2.24) is 10.4 Å².